The molecule has 3 aromatic rings. The van der Waals surface area contributed by atoms with Crippen LogP contribution in [0.5, 0.6) is 5.88 Å². The normalized spacial score (nSPS) is 16.8. The van der Waals surface area contributed by atoms with Crippen molar-refractivity contribution in [3.8, 4) is 17.1 Å². The summed E-state index contributed by atoms with van der Waals surface area (Å²) in [6, 6.07) is 10.7. The zero-order valence-electron chi connectivity index (χ0n) is 16.7. The number of aromatic amines is 1. The van der Waals surface area contributed by atoms with Crippen LogP contribution in [0.15, 0.2) is 60.1 Å². The van der Waals surface area contributed by atoms with E-state index in [4.69, 9.17) is 0 Å². The van der Waals surface area contributed by atoms with E-state index in [-0.39, 0.29) is 23.2 Å². The Hall–Kier alpha value is -2.39. The van der Waals surface area contributed by atoms with Crippen molar-refractivity contribution in [1.82, 2.24) is 19.8 Å². The minimum atomic E-state index is -3.65. The van der Waals surface area contributed by atoms with E-state index in [0.717, 1.165) is 24.0 Å². The Balaban J connectivity index is 0.00000256. The van der Waals surface area contributed by atoms with Gasteiger partial charge in [-0.05, 0) is 25.2 Å². The fourth-order valence-electron chi connectivity index (χ4n) is 3.77. The van der Waals surface area contributed by atoms with Gasteiger partial charge in [0.05, 0.1) is 16.2 Å². The third-order valence-corrected chi connectivity index (χ3v) is 7.45. The van der Waals surface area contributed by atoms with Crippen LogP contribution in [0, 0.1) is 0 Å². The summed E-state index contributed by atoms with van der Waals surface area (Å²) in [4.78, 5) is 11.5. The molecule has 7 nitrogen and oxygen atoms in total. The maximum atomic E-state index is 13.2. The first kappa shape index (κ1) is 22.3. The zero-order chi connectivity index (χ0) is 20.6. The molecule has 1 atom stereocenters. The highest BCUT2D eigenvalue weighted by atomic mass is 35.5. The van der Waals surface area contributed by atoms with Gasteiger partial charge in [-0.15, -0.1) is 19.0 Å². The average Bonchev–Trinajstić information content (AvgIpc) is 3.05. The molecular weight excluding hydrogens is 424 g/mol. The van der Waals surface area contributed by atoms with E-state index < -0.39 is 15.2 Å². The van der Waals surface area contributed by atoms with E-state index in [0.29, 0.717) is 24.3 Å². The number of nitrogens with zero attached hydrogens (tertiary/aromatic N) is 3. The van der Waals surface area contributed by atoms with Crippen molar-refractivity contribution in [1.29, 1.82) is 0 Å². The summed E-state index contributed by atoms with van der Waals surface area (Å²) in [5.41, 5.74) is 1.86. The molecule has 1 aromatic carbocycles. The zero-order valence-corrected chi connectivity index (χ0v) is 18.3. The highest BCUT2D eigenvalue weighted by Crippen LogP contribution is 2.35. The van der Waals surface area contributed by atoms with Crippen molar-refractivity contribution in [3.05, 3.63) is 55.3 Å². The molecule has 2 N–H and O–H groups in total. The highest BCUT2D eigenvalue weighted by molar-refractivity contribution is 7.92. The van der Waals surface area contributed by atoms with E-state index in [9.17, 15) is 13.5 Å². The van der Waals surface area contributed by atoms with Crippen molar-refractivity contribution < 1.29 is 13.5 Å². The smallest absolute Gasteiger partial charge is 0.199 e. The summed E-state index contributed by atoms with van der Waals surface area (Å²) >= 11 is 0. The highest BCUT2D eigenvalue weighted by Gasteiger charge is 2.32. The molecule has 1 saturated heterocycles. The Morgan fingerprint density at radius 1 is 1.17 bits per heavy atom. The molecule has 3 heterocycles. The first-order valence-corrected chi connectivity index (χ1v) is 11.0. The minimum Gasteiger partial charge on any atom is -0.494 e. The second-order valence-electron chi connectivity index (χ2n) is 7.28. The topological polar surface area (TPSA) is 89.5 Å². The van der Waals surface area contributed by atoms with Crippen molar-refractivity contribution in [3.63, 3.8) is 0 Å². The number of aromatic nitrogens is 2. The molecule has 1 aliphatic heterocycles. The Bertz CT molecular complexity index is 1140. The van der Waals surface area contributed by atoms with Gasteiger partial charge in [0.1, 0.15) is 5.37 Å². The number of likely N-dealkylation sites (N-methyl/N-ethyl adjacent to an activating group) is 1. The van der Waals surface area contributed by atoms with Gasteiger partial charge in [-0.25, -0.2) is 8.42 Å². The van der Waals surface area contributed by atoms with Gasteiger partial charge in [0.25, 0.3) is 0 Å². The number of hydrogen-bond acceptors (Lipinski definition) is 6. The number of para-hydroxylation sites is 1. The van der Waals surface area contributed by atoms with Crippen LogP contribution in [0.1, 0.15) is 0 Å². The summed E-state index contributed by atoms with van der Waals surface area (Å²) in [5.74, 6) is 0.00992. The number of piperazine rings is 1. The number of fused-ring (bicyclic) bond motifs is 1. The van der Waals surface area contributed by atoms with Crippen LogP contribution in [0.2, 0.25) is 0 Å². The number of aromatic hydroxyl groups is 1. The van der Waals surface area contributed by atoms with E-state index in [1.54, 1.807) is 12.1 Å². The number of hydrogen-bond donors (Lipinski definition) is 2. The summed E-state index contributed by atoms with van der Waals surface area (Å²) in [6.07, 6.45) is 2.85. The van der Waals surface area contributed by atoms with Crippen molar-refractivity contribution in [2.24, 2.45) is 0 Å². The fraction of sp³-hybridized carbons (Fsp3) is 0.286. The van der Waals surface area contributed by atoms with Crippen LogP contribution in [0.25, 0.3) is 22.2 Å². The van der Waals surface area contributed by atoms with Crippen LogP contribution in [0.3, 0.4) is 0 Å². The van der Waals surface area contributed by atoms with Crippen LogP contribution in [0.4, 0.5) is 0 Å². The number of rotatable bonds is 5. The lowest BCUT2D eigenvalue weighted by atomic mass is 10.1. The largest absolute Gasteiger partial charge is 0.494 e. The Kier molecular flexibility index (Phi) is 6.52. The molecule has 2 aromatic heterocycles. The summed E-state index contributed by atoms with van der Waals surface area (Å²) in [5, 5.41) is 10.3. The Morgan fingerprint density at radius 3 is 2.50 bits per heavy atom. The van der Waals surface area contributed by atoms with Crippen LogP contribution < -0.4 is 0 Å². The number of H-pyrrole nitrogens is 1. The van der Waals surface area contributed by atoms with Gasteiger partial charge in [-0.1, -0.05) is 24.3 Å². The molecule has 160 valence electrons. The maximum Gasteiger partial charge on any atom is 0.199 e. The SMILES string of the molecule is C=CC(N1CCN(C)CC1)S(=O)(=O)c1ccc(-c2c(O)[nH]c3ccccc23)nc1.Cl. The lowest BCUT2D eigenvalue weighted by molar-refractivity contribution is 0.154. The first-order valence-electron chi connectivity index (χ1n) is 9.47. The van der Waals surface area contributed by atoms with Gasteiger partial charge < -0.3 is 15.0 Å². The lowest BCUT2D eigenvalue weighted by Crippen LogP contribution is -2.50. The third-order valence-electron chi connectivity index (χ3n) is 5.42. The van der Waals surface area contributed by atoms with Crippen molar-refractivity contribution in [2.45, 2.75) is 10.3 Å². The molecule has 0 bridgehead atoms. The number of pyridine rings is 1. The van der Waals surface area contributed by atoms with Gasteiger partial charge in [0.2, 0.25) is 0 Å². The second kappa shape index (κ2) is 8.77. The molecular formula is C21H25ClN4O3S. The predicted octanol–water partition coefficient (Wildman–Crippen LogP) is 2.89. The molecule has 0 saturated carbocycles. The molecule has 0 spiro atoms. The lowest BCUT2D eigenvalue weighted by Gasteiger charge is -2.36. The Morgan fingerprint density at radius 2 is 1.87 bits per heavy atom. The number of benzene rings is 1. The Labute approximate surface area is 182 Å². The van der Waals surface area contributed by atoms with E-state index in [2.05, 4.69) is 21.4 Å². The van der Waals surface area contributed by atoms with E-state index in [1.165, 1.54) is 12.3 Å². The standard InChI is InChI=1S/C21H24N4O3S.ClH/c1-3-19(25-12-10-24(2)11-13-25)29(27,28)15-8-9-18(22-14-15)20-16-6-4-5-7-17(16)23-21(20)26;/h3-9,14,19,23,26H,1,10-13H2,2H3;1H. The molecule has 4 rings (SSSR count). The van der Waals surface area contributed by atoms with Crippen LogP contribution in [-0.4, -0.2) is 71.9 Å². The molecule has 9 heteroatoms. The molecule has 1 aliphatic rings. The summed E-state index contributed by atoms with van der Waals surface area (Å²) in [7, 11) is -1.62. The maximum absolute atomic E-state index is 13.2. The molecule has 0 radical (unpaired) electrons. The first-order chi connectivity index (χ1) is 13.9. The predicted molar refractivity (Wildman–Crippen MR) is 121 cm³/mol. The number of nitrogens with one attached hydrogen (secondary N) is 1. The minimum absolute atomic E-state index is 0. The van der Waals surface area contributed by atoms with Gasteiger partial charge in [0, 0.05) is 43.3 Å². The molecule has 0 aliphatic carbocycles. The number of sulfone groups is 1. The van der Waals surface area contributed by atoms with Crippen molar-refractivity contribution >= 4 is 33.1 Å². The monoisotopic (exact) mass is 448 g/mol. The van der Waals surface area contributed by atoms with Gasteiger partial charge in [0.15, 0.2) is 15.7 Å². The quantitative estimate of drug-likeness (QED) is 0.583. The van der Waals surface area contributed by atoms with Gasteiger partial charge in [-0.3, -0.25) is 9.88 Å². The summed E-state index contributed by atoms with van der Waals surface area (Å²) in [6.45, 7) is 6.73. The molecule has 1 unspecified atom stereocenters. The number of halogens is 1. The van der Waals surface area contributed by atoms with E-state index >= 15 is 0 Å². The van der Waals surface area contributed by atoms with Crippen molar-refractivity contribution in [2.75, 3.05) is 33.2 Å². The average molecular weight is 449 g/mol. The van der Waals surface area contributed by atoms with Gasteiger partial charge >= 0.3 is 0 Å². The molecule has 30 heavy (non-hydrogen) atoms. The summed E-state index contributed by atoms with van der Waals surface area (Å²) < 4.78 is 26.4. The molecule has 1 fully saturated rings. The van der Waals surface area contributed by atoms with Crippen LogP contribution in [-0.2, 0) is 9.84 Å². The fourth-order valence-corrected chi connectivity index (χ4v) is 5.36. The third kappa shape index (κ3) is 3.96. The molecule has 0 amide bonds. The van der Waals surface area contributed by atoms with Crippen LogP contribution >= 0.6 is 12.4 Å². The second-order valence-corrected chi connectivity index (χ2v) is 9.33. The van der Waals surface area contributed by atoms with Gasteiger partial charge in [-0.2, -0.15) is 0 Å². The van der Waals surface area contributed by atoms with E-state index in [1.807, 2.05) is 36.2 Å².